The molecule has 0 saturated heterocycles. The zero-order valence-electron chi connectivity index (χ0n) is 21.3. The van der Waals surface area contributed by atoms with Gasteiger partial charge >= 0.3 is 0 Å². The third-order valence-corrected chi connectivity index (χ3v) is 6.43. The zero-order chi connectivity index (χ0) is 25.5. The molecule has 0 aliphatic carbocycles. The third-order valence-electron chi connectivity index (χ3n) is 6.43. The van der Waals surface area contributed by atoms with Gasteiger partial charge in [-0.15, -0.1) is 0 Å². The van der Waals surface area contributed by atoms with E-state index in [9.17, 15) is 4.79 Å². The lowest BCUT2D eigenvalue weighted by Gasteiger charge is -2.11. The van der Waals surface area contributed by atoms with E-state index in [0.717, 1.165) is 34.9 Å². The normalized spacial score (nSPS) is 12.1. The molecule has 6 heteroatoms. The van der Waals surface area contributed by atoms with Crippen molar-refractivity contribution in [1.29, 1.82) is 0 Å². The molecule has 1 aromatic heterocycles. The van der Waals surface area contributed by atoms with Gasteiger partial charge in [-0.2, -0.15) is 0 Å². The highest BCUT2D eigenvalue weighted by atomic mass is 16.5. The maximum atomic E-state index is 13.0. The molecule has 0 bridgehead atoms. The van der Waals surface area contributed by atoms with E-state index < -0.39 is 0 Å². The van der Waals surface area contributed by atoms with Crippen molar-refractivity contribution in [3.05, 3.63) is 106 Å². The summed E-state index contributed by atoms with van der Waals surface area (Å²) in [5, 5.41) is 0. The summed E-state index contributed by atoms with van der Waals surface area (Å²) in [6.07, 6.45) is 2.83. The zero-order valence-corrected chi connectivity index (χ0v) is 21.3. The summed E-state index contributed by atoms with van der Waals surface area (Å²) in [6, 6.07) is 25.4. The number of ether oxygens (including phenoxy) is 2. The van der Waals surface area contributed by atoms with Crippen molar-refractivity contribution in [3.8, 4) is 17.2 Å². The number of rotatable bonds is 10. The molecule has 1 unspecified atom stereocenters. The van der Waals surface area contributed by atoms with Crippen molar-refractivity contribution in [2.45, 2.75) is 33.1 Å². The van der Waals surface area contributed by atoms with Crippen molar-refractivity contribution in [1.82, 2.24) is 9.36 Å². The van der Waals surface area contributed by atoms with Crippen LogP contribution in [0.15, 0.2) is 88.6 Å². The summed E-state index contributed by atoms with van der Waals surface area (Å²) in [4.78, 5) is 17.5. The summed E-state index contributed by atoms with van der Waals surface area (Å²) >= 11 is 0. The fourth-order valence-corrected chi connectivity index (χ4v) is 3.94. The number of para-hydroxylation sites is 1. The topological polar surface area (TPSA) is 57.8 Å². The number of aromatic nitrogens is 2. The van der Waals surface area contributed by atoms with Crippen LogP contribution in [-0.2, 0) is 7.05 Å². The van der Waals surface area contributed by atoms with Gasteiger partial charge in [0.15, 0.2) is 5.69 Å². The van der Waals surface area contributed by atoms with Gasteiger partial charge in [-0.05, 0) is 78.9 Å². The maximum absolute atomic E-state index is 13.0. The van der Waals surface area contributed by atoms with Gasteiger partial charge in [0.1, 0.15) is 24.7 Å². The first-order valence-corrected chi connectivity index (χ1v) is 12.3. The lowest BCUT2D eigenvalue weighted by Crippen LogP contribution is -2.19. The Morgan fingerprint density at radius 2 is 1.47 bits per heavy atom. The predicted octanol–water partition coefficient (Wildman–Crippen LogP) is 6.21. The highest BCUT2D eigenvalue weighted by molar-refractivity contribution is 5.82. The van der Waals surface area contributed by atoms with E-state index in [1.807, 2.05) is 85.4 Å². The fourth-order valence-electron chi connectivity index (χ4n) is 3.94. The monoisotopic (exact) mass is 483 g/mol. The Labute approximate surface area is 212 Å². The molecule has 0 aliphatic rings. The quantitative estimate of drug-likeness (QED) is 0.199. The van der Waals surface area contributed by atoms with E-state index in [4.69, 9.17) is 9.47 Å². The van der Waals surface area contributed by atoms with E-state index in [-0.39, 0.29) is 5.56 Å². The average Bonchev–Trinajstić information content (AvgIpc) is 3.13. The van der Waals surface area contributed by atoms with Crippen LogP contribution in [0.2, 0.25) is 0 Å². The summed E-state index contributed by atoms with van der Waals surface area (Å²) in [7, 11) is 1.86. The molecule has 0 spiro atoms. The minimum atomic E-state index is -0.146. The van der Waals surface area contributed by atoms with Crippen LogP contribution in [0.3, 0.4) is 0 Å². The molecule has 0 aliphatic heterocycles. The molecular weight excluding hydrogens is 450 g/mol. The lowest BCUT2D eigenvalue weighted by molar-refractivity contribution is 0.217. The molecule has 36 heavy (non-hydrogen) atoms. The molecule has 0 amide bonds. The molecule has 0 N–H and O–H groups in total. The molecular formula is C30H33N3O3. The summed E-state index contributed by atoms with van der Waals surface area (Å²) in [5.41, 5.74) is 4.10. The van der Waals surface area contributed by atoms with Gasteiger partial charge in [-0.25, -0.2) is 9.67 Å². The predicted molar refractivity (Wildman–Crippen MR) is 146 cm³/mol. The van der Waals surface area contributed by atoms with Crippen LogP contribution < -0.4 is 15.0 Å². The number of benzene rings is 3. The van der Waals surface area contributed by atoms with Crippen molar-refractivity contribution >= 4 is 11.9 Å². The Hall–Kier alpha value is -4.06. The lowest BCUT2D eigenvalue weighted by atomic mass is 9.99. The smallest absolute Gasteiger partial charge is 0.297 e. The Morgan fingerprint density at radius 1 is 0.889 bits per heavy atom. The minimum Gasteiger partial charge on any atom is -0.490 e. The second kappa shape index (κ2) is 11.6. The van der Waals surface area contributed by atoms with Crippen LogP contribution >= 0.6 is 0 Å². The van der Waals surface area contributed by atoms with Gasteiger partial charge in [0.2, 0.25) is 0 Å². The fraction of sp³-hybridized carbons (Fsp3) is 0.267. The molecule has 6 nitrogen and oxygen atoms in total. The van der Waals surface area contributed by atoms with E-state index in [1.54, 1.807) is 10.9 Å². The highest BCUT2D eigenvalue weighted by Crippen LogP contribution is 2.22. The van der Waals surface area contributed by atoms with E-state index >= 15 is 0 Å². The van der Waals surface area contributed by atoms with Gasteiger partial charge in [-0.1, -0.05) is 44.2 Å². The third kappa shape index (κ3) is 5.77. The Morgan fingerprint density at radius 3 is 2.06 bits per heavy atom. The van der Waals surface area contributed by atoms with Crippen LogP contribution in [-0.4, -0.2) is 28.8 Å². The van der Waals surface area contributed by atoms with Crippen LogP contribution in [0.5, 0.6) is 11.5 Å². The average molecular weight is 484 g/mol. The summed E-state index contributed by atoms with van der Waals surface area (Å²) in [6.45, 7) is 7.23. The van der Waals surface area contributed by atoms with Gasteiger partial charge in [0.05, 0.1) is 11.4 Å². The SMILES string of the molecule is CCC(C)c1ccc(OCCOc2ccc(C=Nc3c(C)n(C)n(-c4ccccc4)c3=O)cc2)cc1. The van der Waals surface area contributed by atoms with Crippen LogP contribution in [0, 0.1) is 6.92 Å². The first-order chi connectivity index (χ1) is 17.5. The molecule has 0 saturated carbocycles. The molecule has 3 aromatic carbocycles. The Balaban J connectivity index is 1.32. The van der Waals surface area contributed by atoms with Gasteiger partial charge in [0.25, 0.3) is 5.56 Å². The standard InChI is InChI=1S/C30H33N3O3/c1-5-22(2)25-13-17-28(18-14-25)36-20-19-35-27-15-11-24(12-16-27)21-31-29-23(3)32(4)33(30(29)34)26-9-7-6-8-10-26/h6-18,21-22H,5,19-20H2,1-4H3. The Bertz CT molecular complexity index is 1350. The summed E-state index contributed by atoms with van der Waals surface area (Å²) in [5.74, 6) is 2.16. The van der Waals surface area contributed by atoms with Gasteiger partial charge < -0.3 is 9.47 Å². The van der Waals surface area contributed by atoms with Crippen molar-refractivity contribution in [2.24, 2.45) is 12.0 Å². The molecule has 186 valence electrons. The van der Waals surface area contributed by atoms with Crippen LogP contribution in [0.25, 0.3) is 5.69 Å². The van der Waals surface area contributed by atoms with Crippen molar-refractivity contribution in [3.63, 3.8) is 0 Å². The van der Waals surface area contributed by atoms with E-state index in [0.29, 0.717) is 24.8 Å². The first kappa shape index (κ1) is 25.0. The van der Waals surface area contributed by atoms with Gasteiger partial charge in [0, 0.05) is 13.3 Å². The molecule has 1 atom stereocenters. The molecule has 4 aromatic rings. The van der Waals surface area contributed by atoms with Crippen LogP contribution in [0.1, 0.15) is 43.0 Å². The number of aliphatic imine (C=N–C) groups is 1. The molecule has 0 fully saturated rings. The van der Waals surface area contributed by atoms with Crippen molar-refractivity contribution < 1.29 is 9.47 Å². The Kier molecular flexibility index (Phi) is 8.06. The molecule has 4 rings (SSSR count). The number of nitrogens with zero attached hydrogens (tertiary/aromatic N) is 3. The number of hydrogen-bond donors (Lipinski definition) is 0. The molecule has 1 heterocycles. The first-order valence-electron chi connectivity index (χ1n) is 12.3. The minimum absolute atomic E-state index is 0.146. The maximum Gasteiger partial charge on any atom is 0.297 e. The highest BCUT2D eigenvalue weighted by Gasteiger charge is 2.14. The van der Waals surface area contributed by atoms with E-state index in [2.05, 4.69) is 31.0 Å². The summed E-state index contributed by atoms with van der Waals surface area (Å²) < 4.78 is 15.0. The van der Waals surface area contributed by atoms with Crippen molar-refractivity contribution in [2.75, 3.05) is 13.2 Å². The second-order valence-corrected chi connectivity index (χ2v) is 8.81. The second-order valence-electron chi connectivity index (χ2n) is 8.81. The largest absolute Gasteiger partial charge is 0.490 e. The number of hydrogen-bond acceptors (Lipinski definition) is 4. The van der Waals surface area contributed by atoms with Crippen LogP contribution in [0.4, 0.5) is 5.69 Å². The van der Waals surface area contributed by atoms with E-state index in [1.165, 1.54) is 5.56 Å². The molecule has 0 radical (unpaired) electrons. The van der Waals surface area contributed by atoms with Gasteiger partial charge in [-0.3, -0.25) is 9.48 Å².